The molecular formula is C11H16ClNO3. The van der Waals surface area contributed by atoms with Gasteiger partial charge in [-0.3, -0.25) is 4.79 Å². The standard InChI is InChI=1S/C11H15NO3.ClH/c1-14-8-7-12-11(13)9-15-10-5-3-2-4-6-10;/h2-6H,7-9H2,1H3,(H,12,13);1H. The van der Waals surface area contributed by atoms with Gasteiger partial charge in [-0.25, -0.2) is 0 Å². The van der Waals surface area contributed by atoms with E-state index < -0.39 is 0 Å². The highest BCUT2D eigenvalue weighted by Gasteiger charge is 2.00. The quantitative estimate of drug-likeness (QED) is 0.768. The molecule has 0 atom stereocenters. The molecule has 0 aliphatic rings. The molecule has 0 aliphatic carbocycles. The van der Waals surface area contributed by atoms with Crippen LogP contribution >= 0.6 is 12.4 Å². The summed E-state index contributed by atoms with van der Waals surface area (Å²) in [4.78, 5) is 11.2. The van der Waals surface area contributed by atoms with Crippen LogP contribution in [-0.2, 0) is 9.53 Å². The van der Waals surface area contributed by atoms with Gasteiger partial charge in [-0.2, -0.15) is 0 Å². The van der Waals surface area contributed by atoms with Gasteiger partial charge in [-0.15, -0.1) is 12.4 Å². The molecule has 0 spiro atoms. The van der Waals surface area contributed by atoms with Crippen molar-refractivity contribution < 1.29 is 14.3 Å². The zero-order valence-electron chi connectivity index (χ0n) is 9.14. The number of amides is 1. The van der Waals surface area contributed by atoms with E-state index in [2.05, 4.69) is 5.32 Å². The molecule has 1 N–H and O–H groups in total. The van der Waals surface area contributed by atoms with E-state index in [4.69, 9.17) is 9.47 Å². The van der Waals surface area contributed by atoms with E-state index in [-0.39, 0.29) is 24.9 Å². The lowest BCUT2D eigenvalue weighted by atomic mass is 10.3. The number of rotatable bonds is 6. The van der Waals surface area contributed by atoms with Gasteiger partial charge >= 0.3 is 0 Å². The number of hydrogen-bond donors (Lipinski definition) is 1. The molecule has 1 aromatic rings. The Balaban J connectivity index is 0.00000225. The molecule has 5 heteroatoms. The lowest BCUT2D eigenvalue weighted by molar-refractivity contribution is -0.123. The topological polar surface area (TPSA) is 47.6 Å². The van der Waals surface area contributed by atoms with Crippen molar-refractivity contribution in [1.29, 1.82) is 0 Å². The first-order chi connectivity index (χ1) is 7.33. The van der Waals surface area contributed by atoms with Crippen LogP contribution in [0.25, 0.3) is 0 Å². The van der Waals surface area contributed by atoms with Gasteiger partial charge in [-0.1, -0.05) is 18.2 Å². The van der Waals surface area contributed by atoms with Gasteiger partial charge in [0.05, 0.1) is 6.61 Å². The van der Waals surface area contributed by atoms with E-state index in [9.17, 15) is 4.79 Å². The van der Waals surface area contributed by atoms with Crippen LogP contribution in [0.4, 0.5) is 0 Å². The Morgan fingerprint density at radius 2 is 2.00 bits per heavy atom. The van der Waals surface area contributed by atoms with E-state index in [1.807, 2.05) is 30.3 Å². The number of carbonyl (C=O) groups is 1. The fourth-order valence-electron chi connectivity index (χ4n) is 1.01. The van der Waals surface area contributed by atoms with E-state index in [0.29, 0.717) is 18.9 Å². The first-order valence-corrected chi connectivity index (χ1v) is 4.76. The van der Waals surface area contributed by atoms with Gasteiger partial charge in [0.25, 0.3) is 5.91 Å². The number of carbonyl (C=O) groups excluding carboxylic acids is 1. The molecule has 1 aromatic carbocycles. The van der Waals surface area contributed by atoms with Gasteiger partial charge in [-0.05, 0) is 12.1 Å². The smallest absolute Gasteiger partial charge is 0.258 e. The second-order valence-corrected chi connectivity index (χ2v) is 2.94. The van der Waals surface area contributed by atoms with Crippen molar-refractivity contribution in [3.8, 4) is 5.75 Å². The summed E-state index contributed by atoms with van der Waals surface area (Å²) in [5, 5.41) is 2.66. The predicted molar refractivity (Wildman–Crippen MR) is 64.1 cm³/mol. The normalized spacial score (nSPS) is 9.06. The number of benzene rings is 1. The third-order valence-corrected chi connectivity index (χ3v) is 1.74. The molecule has 0 aliphatic heterocycles. The second kappa shape index (κ2) is 9.00. The third kappa shape index (κ3) is 6.27. The zero-order valence-corrected chi connectivity index (χ0v) is 9.96. The largest absolute Gasteiger partial charge is 0.484 e. The molecule has 1 amide bonds. The third-order valence-electron chi connectivity index (χ3n) is 1.74. The number of methoxy groups -OCH3 is 1. The van der Waals surface area contributed by atoms with Crippen LogP contribution in [-0.4, -0.2) is 32.8 Å². The number of halogens is 1. The van der Waals surface area contributed by atoms with Crippen molar-refractivity contribution in [3.63, 3.8) is 0 Å². The maximum Gasteiger partial charge on any atom is 0.258 e. The van der Waals surface area contributed by atoms with Crippen LogP contribution in [0.5, 0.6) is 5.75 Å². The predicted octanol–water partition coefficient (Wildman–Crippen LogP) is 1.25. The van der Waals surface area contributed by atoms with Gasteiger partial charge in [0.15, 0.2) is 6.61 Å². The number of para-hydroxylation sites is 1. The molecule has 0 saturated heterocycles. The van der Waals surface area contributed by atoms with Crippen molar-refractivity contribution >= 4 is 18.3 Å². The summed E-state index contributed by atoms with van der Waals surface area (Å²) >= 11 is 0. The molecule has 0 bridgehead atoms. The summed E-state index contributed by atoms with van der Waals surface area (Å²) in [6, 6.07) is 9.23. The summed E-state index contributed by atoms with van der Waals surface area (Å²) in [7, 11) is 1.59. The minimum atomic E-state index is -0.143. The molecule has 1 rings (SSSR count). The molecular weight excluding hydrogens is 230 g/mol. The van der Waals surface area contributed by atoms with Crippen molar-refractivity contribution in [2.75, 3.05) is 26.9 Å². The van der Waals surface area contributed by atoms with E-state index in [1.165, 1.54) is 0 Å². The van der Waals surface area contributed by atoms with E-state index >= 15 is 0 Å². The Morgan fingerprint density at radius 1 is 1.31 bits per heavy atom. The minimum Gasteiger partial charge on any atom is -0.484 e. The summed E-state index contributed by atoms with van der Waals surface area (Å²) < 4.78 is 10.0. The van der Waals surface area contributed by atoms with Crippen LogP contribution in [0, 0.1) is 0 Å². The summed E-state index contributed by atoms with van der Waals surface area (Å²) in [6.45, 7) is 1.05. The van der Waals surface area contributed by atoms with Crippen molar-refractivity contribution in [3.05, 3.63) is 30.3 Å². The Labute approximate surface area is 101 Å². The first kappa shape index (κ1) is 14.7. The van der Waals surface area contributed by atoms with E-state index in [1.54, 1.807) is 7.11 Å². The highest BCUT2D eigenvalue weighted by atomic mass is 35.5. The lowest BCUT2D eigenvalue weighted by Gasteiger charge is -2.06. The average Bonchev–Trinajstić information content (AvgIpc) is 2.28. The Morgan fingerprint density at radius 3 is 2.62 bits per heavy atom. The lowest BCUT2D eigenvalue weighted by Crippen LogP contribution is -2.31. The second-order valence-electron chi connectivity index (χ2n) is 2.94. The molecule has 4 nitrogen and oxygen atoms in total. The van der Waals surface area contributed by atoms with Gasteiger partial charge in [0, 0.05) is 13.7 Å². The maximum atomic E-state index is 11.2. The minimum absolute atomic E-state index is 0. The summed E-state index contributed by atoms with van der Waals surface area (Å²) in [5.74, 6) is 0.551. The summed E-state index contributed by atoms with van der Waals surface area (Å²) in [6.07, 6.45) is 0. The highest BCUT2D eigenvalue weighted by Crippen LogP contribution is 2.07. The molecule has 90 valence electrons. The Bertz CT molecular complexity index is 293. The fraction of sp³-hybridized carbons (Fsp3) is 0.364. The zero-order chi connectivity index (χ0) is 10.9. The van der Waals surface area contributed by atoms with Gasteiger partial charge in [0.2, 0.25) is 0 Å². The van der Waals surface area contributed by atoms with Crippen LogP contribution in [0.15, 0.2) is 30.3 Å². The molecule has 0 aromatic heterocycles. The number of hydrogen-bond acceptors (Lipinski definition) is 3. The number of ether oxygens (including phenoxy) is 2. The van der Waals surface area contributed by atoms with Crippen molar-refractivity contribution in [1.82, 2.24) is 5.32 Å². The molecule has 0 fully saturated rings. The molecule has 0 saturated carbocycles. The van der Waals surface area contributed by atoms with Crippen LogP contribution in [0.3, 0.4) is 0 Å². The van der Waals surface area contributed by atoms with Crippen LogP contribution < -0.4 is 10.1 Å². The molecule has 0 heterocycles. The van der Waals surface area contributed by atoms with E-state index in [0.717, 1.165) is 0 Å². The van der Waals surface area contributed by atoms with Crippen LogP contribution in [0.2, 0.25) is 0 Å². The molecule has 0 radical (unpaired) electrons. The number of nitrogens with one attached hydrogen (secondary N) is 1. The van der Waals surface area contributed by atoms with Gasteiger partial charge < -0.3 is 14.8 Å². The summed E-state index contributed by atoms with van der Waals surface area (Å²) in [5.41, 5.74) is 0. The Kier molecular flexibility index (Phi) is 8.29. The molecule has 0 unspecified atom stereocenters. The highest BCUT2D eigenvalue weighted by molar-refractivity contribution is 5.85. The maximum absolute atomic E-state index is 11.2. The van der Waals surface area contributed by atoms with Crippen molar-refractivity contribution in [2.24, 2.45) is 0 Å². The van der Waals surface area contributed by atoms with Crippen LogP contribution in [0.1, 0.15) is 0 Å². The monoisotopic (exact) mass is 245 g/mol. The SMILES string of the molecule is COCCNC(=O)COc1ccccc1.Cl. The fourth-order valence-corrected chi connectivity index (χ4v) is 1.01. The molecule has 16 heavy (non-hydrogen) atoms. The Hall–Kier alpha value is -1.26. The van der Waals surface area contributed by atoms with Gasteiger partial charge in [0.1, 0.15) is 5.75 Å². The van der Waals surface area contributed by atoms with Crippen molar-refractivity contribution in [2.45, 2.75) is 0 Å². The first-order valence-electron chi connectivity index (χ1n) is 4.76. The average molecular weight is 246 g/mol.